The largest absolute Gasteiger partial charge is 0.374 e. The average Bonchev–Trinajstić information content (AvgIpc) is 2.21. The van der Waals surface area contributed by atoms with E-state index in [0.29, 0.717) is 0 Å². The molecule has 0 saturated heterocycles. The lowest BCUT2D eigenvalue weighted by atomic mass is 10.1. The van der Waals surface area contributed by atoms with Crippen molar-refractivity contribution in [2.24, 2.45) is 5.73 Å². The number of rotatable bonds is 5. The van der Waals surface area contributed by atoms with Gasteiger partial charge >= 0.3 is 0 Å². The normalized spacial score (nSPS) is 12.1. The van der Waals surface area contributed by atoms with Crippen LogP contribution in [0.2, 0.25) is 0 Å². The van der Waals surface area contributed by atoms with Crippen LogP contribution in [0.5, 0.6) is 0 Å². The van der Waals surface area contributed by atoms with E-state index in [2.05, 4.69) is 18.3 Å². The zero-order chi connectivity index (χ0) is 11.3. The van der Waals surface area contributed by atoms with Crippen LogP contribution in [0.1, 0.15) is 25.8 Å². The Bertz CT molecular complexity index is 336. The first-order chi connectivity index (χ1) is 7.15. The van der Waals surface area contributed by atoms with Gasteiger partial charge in [0.25, 0.3) is 0 Å². The first-order valence-electron chi connectivity index (χ1n) is 5.29. The molecule has 0 aliphatic heterocycles. The molecule has 0 aromatic heterocycles. The van der Waals surface area contributed by atoms with Gasteiger partial charge in [-0.25, -0.2) is 0 Å². The Morgan fingerprint density at radius 2 is 2.13 bits per heavy atom. The van der Waals surface area contributed by atoms with Gasteiger partial charge < -0.3 is 11.1 Å². The monoisotopic (exact) mass is 206 g/mol. The van der Waals surface area contributed by atoms with Crippen LogP contribution in [0.3, 0.4) is 0 Å². The zero-order valence-electron chi connectivity index (χ0n) is 9.29. The Hall–Kier alpha value is -1.51. The van der Waals surface area contributed by atoms with Crippen molar-refractivity contribution in [3.63, 3.8) is 0 Å². The molecule has 0 fully saturated rings. The van der Waals surface area contributed by atoms with Gasteiger partial charge in [-0.1, -0.05) is 31.5 Å². The highest BCUT2D eigenvalue weighted by atomic mass is 16.1. The van der Waals surface area contributed by atoms with Crippen LogP contribution in [-0.2, 0) is 11.2 Å². The third-order valence-corrected chi connectivity index (χ3v) is 2.34. The Labute approximate surface area is 90.7 Å². The molecule has 3 nitrogen and oxygen atoms in total. The molecule has 3 N–H and O–H groups in total. The van der Waals surface area contributed by atoms with Gasteiger partial charge in [-0.3, -0.25) is 4.79 Å². The molecule has 82 valence electrons. The third kappa shape index (κ3) is 3.27. The van der Waals surface area contributed by atoms with Gasteiger partial charge in [0.05, 0.1) is 0 Å². The van der Waals surface area contributed by atoms with Crippen molar-refractivity contribution in [2.75, 3.05) is 5.32 Å². The number of aryl methyl sites for hydroxylation is 1. The lowest BCUT2D eigenvalue weighted by Crippen LogP contribution is -2.32. The van der Waals surface area contributed by atoms with Gasteiger partial charge in [-0.05, 0) is 25.0 Å². The SMILES string of the molecule is CCCc1ccccc1NC(C)C(N)=O. The molecule has 1 aromatic rings. The number of carbonyl (C=O) groups excluding carboxylic acids is 1. The summed E-state index contributed by atoms with van der Waals surface area (Å²) in [4.78, 5) is 10.9. The van der Waals surface area contributed by atoms with Gasteiger partial charge in [0.1, 0.15) is 6.04 Å². The zero-order valence-corrected chi connectivity index (χ0v) is 9.29. The van der Waals surface area contributed by atoms with Crippen LogP contribution in [-0.4, -0.2) is 11.9 Å². The average molecular weight is 206 g/mol. The number of hydrogen-bond acceptors (Lipinski definition) is 2. The minimum Gasteiger partial charge on any atom is -0.374 e. The molecule has 15 heavy (non-hydrogen) atoms. The number of hydrogen-bond donors (Lipinski definition) is 2. The summed E-state index contributed by atoms with van der Waals surface area (Å²) < 4.78 is 0. The van der Waals surface area contributed by atoms with Crippen molar-refractivity contribution in [3.05, 3.63) is 29.8 Å². The maximum atomic E-state index is 10.9. The molecule has 0 radical (unpaired) electrons. The van der Waals surface area contributed by atoms with Crippen LogP contribution < -0.4 is 11.1 Å². The van der Waals surface area contributed by atoms with Crippen LogP contribution >= 0.6 is 0 Å². The molecule has 1 rings (SSSR count). The summed E-state index contributed by atoms with van der Waals surface area (Å²) in [6.45, 7) is 3.90. The fourth-order valence-corrected chi connectivity index (χ4v) is 1.45. The van der Waals surface area contributed by atoms with E-state index in [9.17, 15) is 4.79 Å². The Balaban J connectivity index is 2.79. The van der Waals surface area contributed by atoms with Gasteiger partial charge in [-0.15, -0.1) is 0 Å². The number of amides is 1. The molecule has 1 unspecified atom stereocenters. The molecule has 0 spiro atoms. The van der Waals surface area contributed by atoms with E-state index in [0.717, 1.165) is 18.5 Å². The van der Waals surface area contributed by atoms with Gasteiger partial charge in [-0.2, -0.15) is 0 Å². The molecule has 1 aromatic carbocycles. The van der Waals surface area contributed by atoms with Crippen molar-refractivity contribution < 1.29 is 4.79 Å². The van der Waals surface area contributed by atoms with E-state index in [1.165, 1.54) is 5.56 Å². The number of carbonyl (C=O) groups is 1. The highest BCUT2D eigenvalue weighted by molar-refractivity contribution is 5.82. The Morgan fingerprint density at radius 3 is 2.73 bits per heavy atom. The molecule has 0 heterocycles. The molecular formula is C12H18N2O. The van der Waals surface area contributed by atoms with E-state index in [1.54, 1.807) is 6.92 Å². The van der Waals surface area contributed by atoms with Crippen LogP contribution in [0, 0.1) is 0 Å². The van der Waals surface area contributed by atoms with Gasteiger partial charge in [0, 0.05) is 5.69 Å². The lowest BCUT2D eigenvalue weighted by molar-refractivity contribution is -0.118. The highest BCUT2D eigenvalue weighted by Crippen LogP contribution is 2.17. The predicted octanol–water partition coefficient (Wildman–Crippen LogP) is 1.92. The summed E-state index contributed by atoms with van der Waals surface area (Å²) in [6.07, 6.45) is 2.10. The minimum absolute atomic E-state index is 0.331. The van der Waals surface area contributed by atoms with Gasteiger partial charge in [0.2, 0.25) is 5.91 Å². The number of para-hydroxylation sites is 1. The molecule has 0 bridgehead atoms. The van der Waals surface area contributed by atoms with Crippen molar-refractivity contribution in [2.45, 2.75) is 32.7 Å². The minimum atomic E-state index is -0.332. The quantitative estimate of drug-likeness (QED) is 0.773. The predicted molar refractivity (Wildman–Crippen MR) is 62.7 cm³/mol. The fourth-order valence-electron chi connectivity index (χ4n) is 1.45. The Kier molecular flexibility index (Phi) is 4.16. The molecule has 0 aliphatic rings. The van der Waals surface area contributed by atoms with E-state index in [-0.39, 0.29) is 11.9 Å². The first-order valence-corrected chi connectivity index (χ1v) is 5.29. The molecule has 1 atom stereocenters. The number of benzene rings is 1. The molecule has 1 amide bonds. The molecule has 0 aliphatic carbocycles. The summed E-state index contributed by atoms with van der Waals surface area (Å²) in [5.74, 6) is -0.332. The maximum Gasteiger partial charge on any atom is 0.239 e. The first kappa shape index (κ1) is 11.6. The second-order valence-corrected chi connectivity index (χ2v) is 3.68. The summed E-state index contributed by atoms with van der Waals surface area (Å²) >= 11 is 0. The molecular weight excluding hydrogens is 188 g/mol. The summed E-state index contributed by atoms with van der Waals surface area (Å²) in [5, 5.41) is 3.12. The van der Waals surface area contributed by atoms with Crippen molar-refractivity contribution in [3.8, 4) is 0 Å². The smallest absolute Gasteiger partial charge is 0.239 e. The lowest BCUT2D eigenvalue weighted by Gasteiger charge is -2.15. The maximum absolute atomic E-state index is 10.9. The summed E-state index contributed by atoms with van der Waals surface area (Å²) in [6, 6.07) is 7.67. The topological polar surface area (TPSA) is 55.1 Å². The molecule has 3 heteroatoms. The third-order valence-electron chi connectivity index (χ3n) is 2.34. The summed E-state index contributed by atoms with van der Waals surface area (Å²) in [5.41, 5.74) is 7.44. The summed E-state index contributed by atoms with van der Waals surface area (Å²) in [7, 11) is 0. The van der Waals surface area contributed by atoms with E-state index >= 15 is 0 Å². The van der Waals surface area contributed by atoms with E-state index < -0.39 is 0 Å². The highest BCUT2D eigenvalue weighted by Gasteiger charge is 2.09. The standard InChI is InChI=1S/C12H18N2O/c1-3-6-10-7-4-5-8-11(10)14-9(2)12(13)15/h4-5,7-9,14H,3,6H2,1-2H3,(H2,13,15). The van der Waals surface area contributed by atoms with Crippen molar-refractivity contribution in [1.82, 2.24) is 0 Å². The van der Waals surface area contributed by atoms with Gasteiger partial charge in [0.15, 0.2) is 0 Å². The fraction of sp³-hybridized carbons (Fsp3) is 0.417. The van der Waals surface area contributed by atoms with Crippen molar-refractivity contribution >= 4 is 11.6 Å². The van der Waals surface area contributed by atoms with Crippen molar-refractivity contribution in [1.29, 1.82) is 0 Å². The van der Waals surface area contributed by atoms with Crippen LogP contribution in [0.15, 0.2) is 24.3 Å². The number of primary amides is 1. The van der Waals surface area contributed by atoms with E-state index in [4.69, 9.17) is 5.73 Å². The van der Waals surface area contributed by atoms with Crippen LogP contribution in [0.4, 0.5) is 5.69 Å². The number of nitrogens with two attached hydrogens (primary N) is 1. The van der Waals surface area contributed by atoms with E-state index in [1.807, 2.05) is 18.2 Å². The number of anilines is 1. The Morgan fingerprint density at radius 1 is 1.47 bits per heavy atom. The second-order valence-electron chi connectivity index (χ2n) is 3.68. The number of nitrogens with one attached hydrogen (secondary N) is 1. The second kappa shape index (κ2) is 5.39. The molecule has 0 saturated carbocycles. The van der Waals surface area contributed by atoms with Crippen LogP contribution in [0.25, 0.3) is 0 Å².